The van der Waals surface area contributed by atoms with Gasteiger partial charge < -0.3 is 15.7 Å². The van der Waals surface area contributed by atoms with Crippen molar-refractivity contribution in [2.24, 2.45) is 0 Å². The smallest absolute Gasteiger partial charge is 0.327 e. The summed E-state index contributed by atoms with van der Waals surface area (Å²) < 4.78 is 0. The fraction of sp³-hybridized carbons (Fsp3) is 0.636. The lowest BCUT2D eigenvalue weighted by Gasteiger charge is -2.12. The molecule has 0 saturated heterocycles. The first kappa shape index (κ1) is 16.3. The number of carboxylic acids is 1. The number of urea groups is 1. The maximum Gasteiger partial charge on any atom is 0.327 e. The molecular weight excluding hydrogens is 286 g/mol. The maximum absolute atomic E-state index is 11.4. The molecule has 1 aliphatic carbocycles. The van der Waals surface area contributed by atoms with Crippen LogP contribution in [0.5, 0.6) is 0 Å². The van der Waals surface area contributed by atoms with Crippen molar-refractivity contribution in [3.8, 4) is 0 Å². The first-order chi connectivity index (χ1) is 9.38. The lowest BCUT2D eigenvalue weighted by atomic mass is 10.3. The van der Waals surface area contributed by atoms with Crippen LogP contribution in [0, 0.1) is 0 Å². The molecule has 8 nitrogen and oxygen atoms in total. The van der Waals surface area contributed by atoms with Gasteiger partial charge in [-0.05, 0) is 12.8 Å². The van der Waals surface area contributed by atoms with E-state index < -0.39 is 29.9 Å². The molecule has 4 N–H and O–H groups in total. The number of thioether (sulfide) groups is 1. The van der Waals surface area contributed by atoms with Crippen LogP contribution in [0.4, 0.5) is 4.79 Å². The zero-order chi connectivity index (χ0) is 15.1. The van der Waals surface area contributed by atoms with Crippen LogP contribution in [0.25, 0.3) is 0 Å². The molecule has 1 aliphatic rings. The topological polar surface area (TPSA) is 125 Å². The zero-order valence-corrected chi connectivity index (χ0v) is 11.8. The molecule has 0 aromatic rings. The van der Waals surface area contributed by atoms with Crippen molar-refractivity contribution in [1.29, 1.82) is 0 Å². The zero-order valence-electron chi connectivity index (χ0n) is 11.0. The fourth-order valence-corrected chi connectivity index (χ4v) is 2.14. The lowest BCUT2D eigenvalue weighted by Crippen LogP contribution is -2.43. The summed E-state index contributed by atoms with van der Waals surface area (Å²) in [5.74, 6) is -2.13. The first-order valence-electron chi connectivity index (χ1n) is 6.06. The Morgan fingerprint density at radius 1 is 1.30 bits per heavy atom. The summed E-state index contributed by atoms with van der Waals surface area (Å²) in [5.41, 5.74) is 0. The summed E-state index contributed by atoms with van der Waals surface area (Å²) in [6, 6.07) is -1.42. The molecule has 1 fully saturated rings. The lowest BCUT2D eigenvalue weighted by molar-refractivity contribution is -0.140. The third-order valence-corrected chi connectivity index (χ3v) is 3.39. The van der Waals surface area contributed by atoms with Crippen LogP contribution in [0.1, 0.15) is 19.8 Å². The van der Waals surface area contributed by atoms with Gasteiger partial charge in [-0.1, -0.05) is 0 Å². The summed E-state index contributed by atoms with van der Waals surface area (Å²) >= 11 is 1.03. The number of carbonyl (C=O) groups is 4. The van der Waals surface area contributed by atoms with Gasteiger partial charge in [0.25, 0.3) is 0 Å². The Bertz CT molecular complexity index is 411. The summed E-state index contributed by atoms with van der Waals surface area (Å²) in [6.45, 7) is 1.22. The molecule has 4 amide bonds. The Morgan fingerprint density at radius 3 is 2.45 bits per heavy atom. The molecular formula is C11H17N3O5S. The SMILES string of the molecule is CC(=O)N[C@@H](CSCC(=O)NC(=O)NC1CC1)C(=O)O. The standard InChI is InChI=1S/C11H17N3O5S/c1-6(15)12-8(10(17)18)4-20-5-9(16)14-11(19)13-7-2-3-7/h7-8H,2-5H2,1H3,(H,12,15)(H,17,18)(H2,13,14,16,19)/t8-/m0/s1. The van der Waals surface area contributed by atoms with Gasteiger partial charge in [0, 0.05) is 18.7 Å². The van der Waals surface area contributed by atoms with Crippen molar-refractivity contribution in [1.82, 2.24) is 16.0 Å². The quantitative estimate of drug-likeness (QED) is 0.493. The van der Waals surface area contributed by atoms with Crippen LogP contribution in [0.3, 0.4) is 0 Å². The molecule has 20 heavy (non-hydrogen) atoms. The van der Waals surface area contributed by atoms with Crippen molar-refractivity contribution in [3.63, 3.8) is 0 Å². The molecule has 0 bridgehead atoms. The van der Waals surface area contributed by atoms with Gasteiger partial charge >= 0.3 is 12.0 Å². The average Bonchev–Trinajstić information content (AvgIpc) is 3.10. The van der Waals surface area contributed by atoms with Gasteiger partial charge in [0.05, 0.1) is 5.75 Å². The van der Waals surface area contributed by atoms with Crippen molar-refractivity contribution >= 4 is 35.6 Å². The Hall–Kier alpha value is -1.77. The van der Waals surface area contributed by atoms with Crippen LogP contribution < -0.4 is 16.0 Å². The van der Waals surface area contributed by atoms with Gasteiger partial charge in [0.1, 0.15) is 6.04 Å². The summed E-state index contributed by atoms with van der Waals surface area (Å²) in [4.78, 5) is 44.3. The monoisotopic (exact) mass is 303 g/mol. The van der Waals surface area contributed by atoms with Crippen molar-refractivity contribution < 1.29 is 24.3 Å². The number of imide groups is 1. The number of carboxylic acid groups (broad SMARTS) is 1. The van der Waals surface area contributed by atoms with Crippen LogP contribution in [0.2, 0.25) is 0 Å². The highest BCUT2D eigenvalue weighted by molar-refractivity contribution is 8.00. The number of aliphatic carboxylic acids is 1. The normalized spacial score (nSPS) is 15.1. The van der Waals surface area contributed by atoms with E-state index in [-0.39, 0.29) is 17.5 Å². The largest absolute Gasteiger partial charge is 0.480 e. The summed E-state index contributed by atoms with van der Waals surface area (Å²) in [6.07, 6.45) is 1.85. The number of hydrogen-bond acceptors (Lipinski definition) is 5. The minimum atomic E-state index is -1.17. The predicted molar refractivity (Wildman–Crippen MR) is 72.3 cm³/mol. The molecule has 0 unspecified atom stereocenters. The third-order valence-electron chi connectivity index (χ3n) is 2.36. The van der Waals surface area contributed by atoms with Crippen LogP contribution in [-0.2, 0) is 14.4 Å². The van der Waals surface area contributed by atoms with Gasteiger partial charge in [-0.3, -0.25) is 14.9 Å². The maximum atomic E-state index is 11.4. The van der Waals surface area contributed by atoms with E-state index in [4.69, 9.17) is 5.11 Å². The van der Waals surface area contributed by atoms with E-state index in [1.54, 1.807) is 0 Å². The third kappa shape index (κ3) is 6.98. The van der Waals surface area contributed by atoms with Gasteiger partial charge in [-0.2, -0.15) is 0 Å². The Balaban J connectivity index is 2.19. The average molecular weight is 303 g/mol. The van der Waals surface area contributed by atoms with Crippen molar-refractivity contribution in [2.45, 2.75) is 31.8 Å². The number of carbonyl (C=O) groups excluding carboxylic acids is 3. The molecule has 0 aliphatic heterocycles. The molecule has 0 radical (unpaired) electrons. The highest BCUT2D eigenvalue weighted by atomic mass is 32.2. The number of hydrogen-bond donors (Lipinski definition) is 4. The molecule has 1 atom stereocenters. The second-order valence-electron chi connectivity index (χ2n) is 4.40. The highest BCUT2D eigenvalue weighted by Gasteiger charge is 2.24. The predicted octanol–water partition coefficient (Wildman–Crippen LogP) is -0.703. The number of nitrogens with one attached hydrogen (secondary N) is 3. The van der Waals surface area contributed by atoms with Gasteiger partial charge in [0.15, 0.2) is 0 Å². The van der Waals surface area contributed by atoms with Crippen molar-refractivity contribution in [2.75, 3.05) is 11.5 Å². The van der Waals surface area contributed by atoms with E-state index in [9.17, 15) is 19.2 Å². The number of rotatable bonds is 7. The molecule has 0 aromatic heterocycles. The van der Waals surface area contributed by atoms with E-state index in [0.29, 0.717) is 0 Å². The summed E-state index contributed by atoms with van der Waals surface area (Å²) in [5, 5.41) is 15.9. The molecule has 9 heteroatoms. The van der Waals surface area contributed by atoms with Crippen LogP contribution in [0.15, 0.2) is 0 Å². The Kier molecular flexibility index (Phi) is 6.29. The highest BCUT2D eigenvalue weighted by Crippen LogP contribution is 2.18. The Morgan fingerprint density at radius 2 is 1.95 bits per heavy atom. The Labute approximate surface area is 120 Å². The van der Waals surface area contributed by atoms with E-state index in [0.717, 1.165) is 24.6 Å². The molecule has 0 aromatic carbocycles. The molecule has 112 valence electrons. The molecule has 0 heterocycles. The fourth-order valence-electron chi connectivity index (χ4n) is 1.30. The van der Waals surface area contributed by atoms with E-state index >= 15 is 0 Å². The molecule has 1 rings (SSSR count). The second-order valence-corrected chi connectivity index (χ2v) is 5.43. The van der Waals surface area contributed by atoms with Gasteiger partial charge in [-0.25, -0.2) is 9.59 Å². The van der Waals surface area contributed by atoms with Crippen LogP contribution >= 0.6 is 11.8 Å². The van der Waals surface area contributed by atoms with Gasteiger partial charge in [-0.15, -0.1) is 11.8 Å². The molecule has 0 spiro atoms. The van der Waals surface area contributed by atoms with E-state index in [1.165, 1.54) is 6.92 Å². The van der Waals surface area contributed by atoms with Gasteiger partial charge in [0.2, 0.25) is 11.8 Å². The van der Waals surface area contributed by atoms with Crippen LogP contribution in [-0.4, -0.2) is 52.5 Å². The van der Waals surface area contributed by atoms with Crippen molar-refractivity contribution in [3.05, 3.63) is 0 Å². The van der Waals surface area contributed by atoms with E-state index in [2.05, 4.69) is 16.0 Å². The second kappa shape index (κ2) is 7.73. The van der Waals surface area contributed by atoms with E-state index in [1.807, 2.05) is 0 Å². The minimum absolute atomic E-state index is 0.0482. The first-order valence-corrected chi connectivity index (χ1v) is 7.22. The minimum Gasteiger partial charge on any atom is -0.480 e. The summed E-state index contributed by atoms with van der Waals surface area (Å²) in [7, 11) is 0. The molecule has 1 saturated carbocycles. The number of amides is 4.